The standard InChI is InChI=1S/C10H19N3O2/c1-3-8(11)10(15)12-6(2)9(14)13-7-4-5-7/h6-8H,3-5,11H2,1-2H3,(H,12,15)(H,13,14). The Morgan fingerprint density at radius 2 is 2.00 bits per heavy atom. The van der Waals surface area contributed by atoms with E-state index in [4.69, 9.17) is 5.73 Å². The molecular weight excluding hydrogens is 194 g/mol. The predicted octanol–water partition coefficient (Wildman–Crippen LogP) is -0.493. The van der Waals surface area contributed by atoms with Crippen molar-refractivity contribution >= 4 is 11.8 Å². The van der Waals surface area contributed by atoms with Crippen LogP contribution in [0.5, 0.6) is 0 Å². The van der Waals surface area contributed by atoms with Gasteiger partial charge < -0.3 is 16.4 Å². The molecular formula is C10H19N3O2. The minimum Gasteiger partial charge on any atom is -0.352 e. The number of hydrogen-bond acceptors (Lipinski definition) is 3. The van der Waals surface area contributed by atoms with Crippen LogP contribution in [0.1, 0.15) is 33.1 Å². The molecule has 0 heterocycles. The minimum atomic E-state index is -0.527. The van der Waals surface area contributed by atoms with Gasteiger partial charge in [-0.2, -0.15) is 0 Å². The van der Waals surface area contributed by atoms with Crippen LogP contribution in [0.4, 0.5) is 0 Å². The smallest absolute Gasteiger partial charge is 0.242 e. The lowest BCUT2D eigenvalue weighted by Gasteiger charge is -2.16. The first-order chi connectivity index (χ1) is 7.04. The zero-order chi connectivity index (χ0) is 11.4. The topological polar surface area (TPSA) is 84.2 Å². The van der Waals surface area contributed by atoms with Crippen LogP contribution in [0.15, 0.2) is 0 Å². The van der Waals surface area contributed by atoms with Crippen LogP contribution in [0.2, 0.25) is 0 Å². The van der Waals surface area contributed by atoms with Gasteiger partial charge in [-0.1, -0.05) is 6.92 Å². The molecule has 15 heavy (non-hydrogen) atoms. The van der Waals surface area contributed by atoms with Gasteiger partial charge in [0.05, 0.1) is 6.04 Å². The summed E-state index contributed by atoms with van der Waals surface area (Å²) in [7, 11) is 0. The first-order valence-electron chi connectivity index (χ1n) is 5.41. The number of nitrogens with one attached hydrogen (secondary N) is 2. The summed E-state index contributed by atoms with van der Waals surface area (Å²) >= 11 is 0. The molecule has 2 unspecified atom stereocenters. The van der Waals surface area contributed by atoms with Gasteiger partial charge in [-0.15, -0.1) is 0 Å². The second-order valence-corrected chi connectivity index (χ2v) is 4.03. The third kappa shape index (κ3) is 3.87. The van der Waals surface area contributed by atoms with Crippen LogP contribution in [0.3, 0.4) is 0 Å². The average molecular weight is 213 g/mol. The number of carbonyl (C=O) groups excluding carboxylic acids is 2. The predicted molar refractivity (Wildman–Crippen MR) is 57.0 cm³/mol. The van der Waals surface area contributed by atoms with E-state index in [1.807, 2.05) is 6.92 Å². The largest absolute Gasteiger partial charge is 0.352 e. The van der Waals surface area contributed by atoms with Crippen molar-refractivity contribution < 1.29 is 9.59 Å². The molecule has 0 radical (unpaired) electrons. The SMILES string of the molecule is CCC(N)C(=O)NC(C)C(=O)NC1CC1. The number of rotatable bonds is 5. The van der Waals surface area contributed by atoms with Crippen molar-refractivity contribution in [2.75, 3.05) is 0 Å². The van der Waals surface area contributed by atoms with Crippen molar-refractivity contribution in [3.8, 4) is 0 Å². The second kappa shape index (κ2) is 5.11. The number of carbonyl (C=O) groups is 2. The van der Waals surface area contributed by atoms with Crippen molar-refractivity contribution in [3.05, 3.63) is 0 Å². The molecule has 86 valence electrons. The highest BCUT2D eigenvalue weighted by atomic mass is 16.2. The summed E-state index contributed by atoms with van der Waals surface area (Å²) in [5, 5.41) is 5.41. The summed E-state index contributed by atoms with van der Waals surface area (Å²) in [5.74, 6) is -0.398. The molecule has 0 aromatic carbocycles. The molecule has 2 atom stereocenters. The van der Waals surface area contributed by atoms with Gasteiger partial charge in [0.25, 0.3) is 0 Å². The molecule has 0 saturated heterocycles. The Kier molecular flexibility index (Phi) is 4.08. The summed E-state index contributed by atoms with van der Waals surface area (Å²) in [6.45, 7) is 3.50. The van der Waals surface area contributed by atoms with E-state index in [0.29, 0.717) is 12.5 Å². The third-order valence-electron chi connectivity index (χ3n) is 2.45. The van der Waals surface area contributed by atoms with Crippen molar-refractivity contribution in [1.82, 2.24) is 10.6 Å². The Morgan fingerprint density at radius 3 is 2.47 bits per heavy atom. The van der Waals surface area contributed by atoms with Crippen LogP contribution in [0, 0.1) is 0 Å². The van der Waals surface area contributed by atoms with E-state index < -0.39 is 12.1 Å². The van der Waals surface area contributed by atoms with Crippen molar-refractivity contribution in [2.24, 2.45) is 5.73 Å². The molecule has 4 N–H and O–H groups in total. The quantitative estimate of drug-likeness (QED) is 0.576. The maximum absolute atomic E-state index is 11.5. The Bertz CT molecular complexity index is 251. The molecule has 1 rings (SSSR count). The van der Waals surface area contributed by atoms with Crippen molar-refractivity contribution in [1.29, 1.82) is 0 Å². The number of nitrogens with two attached hydrogens (primary N) is 1. The summed E-state index contributed by atoms with van der Waals surface area (Å²) in [4.78, 5) is 22.8. The molecule has 1 aliphatic carbocycles. The third-order valence-corrected chi connectivity index (χ3v) is 2.45. The molecule has 1 fully saturated rings. The van der Waals surface area contributed by atoms with E-state index in [-0.39, 0.29) is 11.8 Å². The van der Waals surface area contributed by atoms with Gasteiger partial charge in [-0.3, -0.25) is 9.59 Å². The number of amides is 2. The molecule has 1 aliphatic rings. The molecule has 0 aliphatic heterocycles. The lowest BCUT2D eigenvalue weighted by molar-refractivity contribution is -0.129. The number of hydrogen-bond donors (Lipinski definition) is 3. The second-order valence-electron chi connectivity index (χ2n) is 4.03. The van der Waals surface area contributed by atoms with Crippen LogP contribution < -0.4 is 16.4 Å². The molecule has 2 amide bonds. The molecule has 0 aromatic heterocycles. The Morgan fingerprint density at radius 1 is 1.40 bits per heavy atom. The van der Waals surface area contributed by atoms with Crippen molar-refractivity contribution in [3.63, 3.8) is 0 Å². The van der Waals surface area contributed by atoms with Crippen LogP contribution in [-0.4, -0.2) is 29.9 Å². The fourth-order valence-electron chi connectivity index (χ4n) is 1.13. The Hall–Kier alpha value is -1.10. The Balaban J connectivity index is 2.29. The summed E-state index contributed by atoms with van der Waals surface area (Å²) in [6.07, 6.45) is 2.66. The van der Waals surface area contributed by atoms with E-state index in [9.17, 15) is 9.59 Å². The summed E-state index contributed by atoms with van der Waals surface area (Å²) in [5.41, 5.74) is 5.53. The van der Waals surface area contributed by atoms with Gasteiger partial charge in [0.15, 0.2) is 0 Å². The first-order valence-corrected chi connectivity index (χ1v) is 5.41. The fraction of sp³-hybridized carbons (Fsp3) is 0.800. The highest BCUT2D eigenvalue weighted by molar-refractivity contribution is 5.89. The van der Waals surface area contributed by atoms with Crippen LogP contribution >= 0.6 is 0 Å². The van der Waals surface area contributed by atoms with E-state index in [1.165, 1.54) is 0 Å². The highest BCUT2D eigenvalue weighted by Gasteiger charge is 2.26. The molecule has 1 saturated carbocycles. The lowest BCUT2D eigenvalue weighted by Crippen LogP contribution is -2.50. The molecule has 0 spiro atoms. The van der Waals surface area contributed by atoms with Gasteiger partial charge in [-0.25, -0.2) is 0 Å². The van der Waals surface area contributed by atoms with Crippen LogP contribution in [-0.2, 0) is 9.59 Å². The summed E-state index contributed by atoms with van der Waals surface area (Å²) in [6, 6.07) is -0.714. The maximum atomic E-state index is 11.5. The normalized spacial score (nSPS) is 19.1. The van der Waals surface area contributed by atoms with Crippen LogP contribution in [0.25, 0.3) is 0 Å². The molecule has 5 heteroatoms. The summed E-state index contributed by atoms with van der Waals surface area (Å²) < 4.78 is 0. The monoisotopic (exact) mass is 213 g/mol. The molecule has 0 aromatic rings. The van der Waals surface area contributed by atoms with Gasteiger partial charge in [0.2, 0.25) is 11.8 Å². The highest BCUT2D eigenvalue weighted by Crippen LogP contribution is 2.18. The first kappa shape index (κ1) is 12.0. The lowest BCUT2D eigenvalue weighted by atomic mass is 10.2. The maximum Gasteiger partial charge on any atom is 0.242 e. The van der Waals surface area contributed by atoms with E-state index in [0.717, 1.165) is 12.8 Å². The zero-order valence-corrected chi connectivity index (χ0v) is 9.25. The van der Waals surface area contributed by atoms with Gasteiger partial charge in [-0.05, 0) is 26.2 Å². The average Bonchev–Trinajstić information content (AvgIpc) is 3.00. The minimum absolute atomic E-state index is 0.130. The van der Waals surface area contributed by atoms with E-state index in [1.54, 1.807) is 6.92 Å². The molecule has 0 bridgehead atoms. The van der Waals surface area contributed by atoms with E-state index in [2.05, 4.69) is 10.6 Å². The van der Waals surface area contributed by atoms with Gasteiger partial charge in [0.1, 0.15) is 6.04 Å². The van der Waals surface area contributed by atoms with E-state index >= 15 is 0 Å². The Labute approximate surface area is 89.8 Å². The van der Waals surface area contributed by atoms with Crippen molar-refractivity contribution in [2.45, 2.75) is 51.2 Å². The zero-order valence-electron chi connectivity index (χ0n) is 9.25. The fourth-order valence-corrected chi connectivity index (χ4v) is 1.13. The molecule has 5 nitrogen and oxygen atoms in total. The van der Waals surface area contributed by atoms with Gasteiger partial charge in [0, 0.05) is 6.04 Å². The van der Waals surface area contributed by atoms with Gasteiger partial charge >= 0.3 is 0 Å².